The standard InChI is InChI=1S/C13H14BrN3/c1-9(11-4-3-5-12(14)8-11)17-13-10(2)15-6-7-16-13/h3-9H,1-2H3,(H,16,17). The van der Waals surface area contributed by atoms with E-state index in [4.69, 9.17) is 0 Å². The molecule has 1 atom stereocenters. The highest BCUT2D eigenvalue weighted by atomic mass is 79.9. The summed E-state index contributed by atoms with van der Waals surface area (Å²) in [6, 6.07) is 8.44. The third kappa shape index (κ3) is 3.03. The minimum atomic E-state index is 0.197. The molecule has 1 aromatic carbocycles. The smallest absolute Gasteiger partial charge is 0.147 e. The molecule has 0 aliphatic carbocycles. The number of hydrogen-bond donors (Lipinski definition) is 1. The van der Waals surface area contributed by atoms with Gasteiger partial charge in [0, 0.05) is 16.9 Å². The molecule has 0 saturated heterocycles. The Morgan fingerprint density at radius 2 is 2.00 bits per heavy atom. The Labute approximate surface area is 109 Å². The van der Waals surface area contributed by atoms with Crippen molar-refractivity contribution in [3.63, 3.8) is 0 Å². The quantitative estimate of drug-likeness (QED) is 0.937. The highest BCUT2D eigenvalue weighted by molar-refractivity contribution is 9.10. The fourth-order valence-electron chi connectivity index (χ4n) is 1.61. The summed E-state index contributed by atoms with van der Waals surface area (Å²) in [6.45, 7) is 4.05. The van der Waals surface area contributed by atoms with Gasteiger partial charge < -0.3 is 5.32 Å². The van der Waals surface area contributed by atoms with E-state index in [1.54, 1.807) is 12.4 Å². The summed E-state index contributed by atoms with van der Waals surface area (Å²) in [5, 5.41) is 3.36. The molecule has 1 unspecified atom stereocenters. The monoisotopic (exact) mass is 291 g/mol. The van der Waals surface area contributed by atoms with E-state index in [-0.39, 0.29) is 6.04 Å². The number of anilines is 1. The van der Waals surface area contributed by atoms with Crippen molar-refractivity contribution in [2.75, 3.05) is 5.32 Å². The van der Waals surface area contributed by atoms with E-state index in [0.717, 1.165) is 16.0 Å². The van der Waals surface area contributed by atoms with Gasteiger partial charge in [-0.15, -0.1) is 0 Å². The molecule has 0 bridgehead atoms. The zero-order valence-electron chi connectivity index (χ0n) is 9.81. The molecular weight excluding hydrogens is 278 g/mol. The van der Waals surface area contributed by atoms with Gasteiger partial charge in [-0.05, 0) is 31.5 Å². The Balaban J connectivity index is 2.17. The molecule has 0 saturated carbocycles. The van der Waals surface area contributed by atoms with Crippen LogP contribution >= 0.6 is 15.9 Å². The van der Waals surface area contributed by atoms with E-state index < -0.39 is 0 Å². The number of halogens is 1. The third-order valence-corrected chi connectivity index (χ3v) is 3.08. The van der Waals surface area contributed by atoms with Crippen molar-refractivity contribution in [1.82, 2.24) is 9.97 Å². The lowest BCUT2D eigenvalue weighted by molar-refractivity contribution is 0.865. The Kier molecular flexibility index (Phi) is 3.74. The fourth-order valence-corrected chi connectivity index (χ4v) is 2.03. The van der Waals surface area contributed by atoms with Gasteiger partial charge in [-0.1, -0.05) is 28.1 Å². The van der Waals surface area contributed by atoms with Gasteiger partial charge in [-0.25, -0.2) is 4.98 Å². The summed E-state index contributed by atoms with van der Waals surface area (Å²) in [5.74, 6) is 0.833. The number of nitrogens with one attached hydrogen (secondary N) is 1. The molecule has 3 nitrogen and oxygen atoms in total. The molecule has 17 heavy (non-hydrogen) atoms. The number of hydrogen-bond acceptors (Lipinski definition) is 3. The van der Waals surface area contributed by atoms with Crippen molar-refractivity contribution in [2.24, 2.45) is 0 Å². The van der Waals surface area contributed by atoms with Gasteiger partial charge in [0.25, 0.3) is 0 Å². The molecule has 0 fully saturated rings. The second-order valence-corrected chi connectivity index (χ2v) is 4.83. The van der Waals surface area contributed by atoms with Crippen LogP contribution in [0.3, 0.4) is 0 Å². The van der Waals surface area contributed by atoms with Crippen LogP contribution in [0.2, 0.25) is 0 Å². The second kappa shape index (κ2) is 5.27. The predicted molar refractivity (Wildman–Crippen MR) is 72.9 cm³/mol. The van der Waals surface area contributed by atoms with Gasteiger partial charge in [-0.2, -0.15) is 0 Å². The first-order valence-electron chi connectivity index (χ1n) is 5.46. The zero-order chi connectivity index (χ0) is 12.3. The van der Waals surface area contributed by atoms with Crippen LogP contribution in [0.5, 0.6) is 0 Å². The highest BCUT2D eigenvalue weighted by Gasteiger charge is 2.08. The fraction of sp³-hybridized carbons (Fsp3) is 0.231. The third-order valence-electron chi connectivity index (χ3n) is 2.58. The van der Waals surface area contributed by atoms with Gasteiger partial charge in [-0.3, -0.25) is 4.98 Å². The van der Waals surface area contributed by atoms with E-state index in [2.05, 4.69) is 50.3 Å². The summed E-state index contributed by atoms with van der Waals surface area (Å²) in [7, 11) is 0. The van der Waals surface area contributed by atoms with Gasteiger partial charge in [0.2, 0.25) is 0 Å². The van der Waals surface area contributed by atoms with Crippen molar-refractivity contribution in [3.8, 4) is 0 Å². The van der Waals surface area contributed by atoms with Crippen LogP contribution in [-0.4, -0.2) is 9.97 Å². The van der Waals surface area contributed by atoms with E-state index in [9.17, 15) is 0 Å². The van der Waals surface area contributed by atoms with Crippen LogP contribution in [0, 0.1) is 6.92 Å². The average Bonchev–Trinajstić information content (AvgIpc) is 2.32. The maximum absolute atomic E-state index is 4.28. The Morgan fingerprint density at radius 1 is 1.24 bits per heavy atom. The Hall–Kier alpha value is -1.42. The summed E-state index contributed by atoms with van der Waals surface area (Å²) in [5.41, 5.74) is 2.12. The van der Waals surface area contributed by atoms with Crippen molar-refractivity contribution >= 4 is 21.7 Å². The summed E-state index contributed by atoms with van der Waals surface area (Å²) in [6.07, 6.45) is 3.40. The molecule has 0 aliphatic heterocycles. The molecule has 0 aliphatic rings. The molecule has 0 radical (unpaired) electrons. The second-order valence-electron chi connectivity index (χ2n) is 3.91. The summed E-state index contributed by atoms with van der Waals surface area (Å²) < 4.78 is 1.08. The van der Waals surface area contributed by atoms with Crippen molar-refractivity contribution < 1.29 is 0 Å². The van der Waals surface area contributed by atoms with E-state index in [0.29, 0.717) is 0 Å². The SMILES string of the molecule is Cc1nccnc1NC(C)c1cccc(Br)c1. The molecule has 4 heteroatoms. The molecular formula is C13H14BrN3. The number of aryl methyl sites for hydroxylation is 1. The van der Waals surface area contributed by atoms with Crippen LogP contribution in [0.1, 0.15) is 24.2 Å². The van der Waals surface area contributed by atoms with E-state index >= 15 is 0 Å². The number of benzene rings is 1. The first-order valence-corrected chi connectivity index (χ1v) is 6.25. The van der Waals surface area contributed by atoms with Crippen molar-refractivity contribution in [1.29, 1.82) is 0 Å². The number of nitrogens with zero attached hydrogens (tertiary/aromatic N) is 2. The van der Waals surface area contributed by atoms with Crippen LogP contribution in [-0.2, 0) is 0 Å². The highest BCUT2D eigenvalue weighted by Crippen LogP contribution is 2.21. The largest absolute Gasteiger partial charge is 0.362 e. The van der Waals surface area contributed by atoms with Gasteiger partial charge in [0.15, 0.2) is 0 Å². The lowest BCUT2D eigenvalue weighted by atomic mass is 10.1. The van der Waals surface area contributed by atoms with Crippen molar-refractivity contribution in [3.05, 3.63) is 52.4 Å². The maximum atomic E-state index is 4.28. The minimum absolute atomic E-state index is 0.197. The topological polar surface area (TPSA) is 37.8 Å². The molecule has 88 valence electrons. The molecule has 2 rings (SSSR count). The molecule has 0 amide bonds. The predicted octanol–water partition coefficient (Wildman–Crippen LogP) is 3.72. The van der Waals surface area contributed by atoms with Gasteiger partial charge >= 0.3 is 0 Å². The molecule has 2 aromatic rings. The van der Waals surface area contributed by atoms with Gasteiger partial charge in [0.1, 0.15) is 5.82 Å². The van der Waals surface area contributed by atoms with Crippen LogP contribution < -0.4 is 5.32 Å². The normalized spacial score (nSPS) is 12.2. The first-order chi connectivity index (χ1) is 8.16. The molecule has 1 heterocycles. The van der Waals surface area contributed by atoms with Crippen molar-refractivity contribution in [2.45, 2.75) is 19.9 Å². The lowest BCUT2D eigenvalue weighted by Gasteiger charge is -2.16. The molecule has 1 N–H and O–H groups in total. The number of rotatable bonds is 3. The van der Waals surface area contributed by atoms with Crippen LogP contribution in [0.25, 0.3) is 0 Å². The number of aromatic nitrogens is 2. The Bertz CT molecular complexity index is 514. The Morgan fingerprint density at radius 3 is 2.71 bits per heavy atom. The van der Waals surface area contributed by atoms with E-state index in [1.807, 2.05) is 19.1 Å². The van der Waals surface area contributed by atoms with Gasteiger partial charge in [0.05, 0.1) is 11.7 Å². The molecule has 1 aromatic heterocycles. The summed E-state index contributed by atoms with van der Waals surface area (Å²) >= 11 is 3.47. The lowest BCUT2D eigenvalue weighted by Crippen LogP contribution is -2.09. The maximum Gasteiger partial charge on any atom is 0.147 e. The average molecular weight is 292 g/mol. The summed E-state index contributed by atoms with van der Waals surface area (Å²) in [4.78, 5) is 8.49. The van der Waals surface area contributed by atoms with E-state index in [1.165, 1.54) is 5.56 Å². The zero-order valence-corrected chi connectivity index (χ0v) is 11.4. The first kappa shape index (κ1) is 12.0. The minimum Gasteiger partial charge on any atom is -0.362 e. The van der Waals surface area contributed by atoms with Crippen LogP contribution in [0.4, 0.5) is 5.82 Å². The molecule has 0 spiro atoms. The van der Waals surface area contributed by atoms with Crippen LogP contribution in [0.15, 0.2) is 41.1 Å².